The average Bonchev–Trinajstić information content (AvgIpc) is 2.47. The highest BCUT2D eigenvalue weighted by molar-refractivity contribution is 9.10. The van der Waals surface area contributed by atoms with E-state index in [-0.39, 0.29) is 6.61 Å². The molecule has 2 aromatic rings. The Morgan fingerprint density at radius 1 is 1.46 bits per heavy atom. The number of anilines is 1. The highest BCUT2D eigenvalue weighted by Gasteiger charge is 2.06. The first kappa shape index (κ1) is 8.99. The number of thiophene rings is 1. The van der Waals surface area contributed by atoms with Gasteiger partial charge in [0.2, 0.25) is 0 Å². The standard InChI is InChI=1S/C9H8BrNOS/c10-6-1-7-5(3-12)4-13-9(7)8(11)2-6/h1-2,4,12H,3,11H2. The van der Waals surface area contributed by atoms with Crippen LogP contribution in [0.5, 0.6) is 0 Å². The van der Waals surface area contributed by atoms with Gasteiger partial charge in [0.25, 0.3) is 0 Å². The van der Waals surface area contributed by atoms with Crippen LogP contribution in [0.2, 0.25) is 0 Å². The molecule has 2 rings (SSSR count). The zero-order valence-corrected chi connectivity index (χ0v) is 9.15. The largest absolute Gasteiger partial charge is 0.398 e. The number of nitrogens with two attached hydrogens (primary N) is 1. The van der Waals surface area contributed by atoms with Gasteiger partial charge in [-0.3, -0.25) is 0 Å². The van der Waals surface area contributed by atoms with E-state index in [1.807, 2.05) is 17.5 Å². The highest BCUT2D eigenvalue weighted by atomic mass is 79.9. The van der Waals surface area contributed by atoms with Crippen LogP contribution in [0.25, 0.3) is 10.1 Å². The zero-order chi connectivity index (χ0) is 9.42. The number of benzene rings is 1. The van der Waals surface area contributed by atoms with E-state index in [1.165, 1.54) is 0 Å². The molecular formula is C9H8BrNOS. The number of hydrogen-bond donors (Lipinski definition) is 2. The van der Waals surface area contributed by atoms with Gasteiger partial charge in [0.1, 0.15) is 0 Å². The first-order chi connectivity index (χ1) is 6.22. The molecule has 0 aliphatic rings. The second-order valence-electron chi connectivity index (χ2n) is 2.79. The summed E-state index contributed by atoms with van der Waals surface area (Å²) in [5.41, 5.74) is 7.52. The molecule has 0 saturated heterocycles. The SMILES string of the molecule is Nc1cc(Br)cc2c(CO)csc12. The lowest BCUT2D eigenvalue weighted by atomic mass is 10.2. The zero-order valence-electron chi connectivity index (χ0n) is 6.75. The molecule has 68 valence electrons. The van der Waals surface area contributed by atoms with Crippen LogP contribution in [0.3, 0.4) is 0 Å². The number of halogens is 1. The monoisotopic (exact) mass is 257 g/mol. The lowest BCUT2D eigenvalue weighted by Gasteiger charge is -1.98. The second-order valence-corrected chi connectivity index (χ2v) is 4.59. The number of hydrogen-bond acceptors (Lipinski definition) is 3. The van der Waals surface area contributed by atoms with Gasteiger partial charge in [-0.1, -0.05) is 15.9 Å². The van der Waals surface area contributed by atoms with E-state index in [0.717, 1.165) is 25.8 Å². The summed E-state index contributed by atoms with van der Waals surface area (Å²) in [4.78, 5) is 0. The first-order valence-electron chi connectivity index (χ1n) is 3.78. The van der Waals surface area contributed by atoms with Gasteiger partial charge in [-0.15, -0.1) is 11.3 Å². The molecule has 0 aliphatic heterocycles. The van der Waals surface area contributed by atoms with Crippen molar-refractivity contribution in [3.05, 3.63) is 27.5 Å². The van der Waals surface area contributed by atoms with Crippen molar-refractivity contribution in [1.29, 1.82) is 0 Å². The molecule has 13 heavy (non-hydrogen) atoms. The average molecular weight is 258 g/mol. The summed E-state index contributed by atoms with van der Waals surface area (Å²) >= 11 is 4.94. The summed E-state index contributed by atoms with van der Waals surface area (Å²) in [6.45, 7) is 0.0654. The van der Waals surface area contributed by atoms with Crippen LogP contribution >= 0.6 is 27.3 Å². The minimum atomic E-state index is 0.0654. The van der Waals surface area contributed by atoms with Crippen molar-refractivity contribution in [2.75, 3.05) is 5.73 Å². The van der Waals surface area contributed by atoms with Gasteiger partial charge in [0, 0.05) is 9.86 Å². The molecule has 0 saturated carbocycles. The maximum Gasteiger partial charge on any atom is 0.0696 e. The minimum Gasteiger partial charge on any atom is -0.398 e. The lowest BCUT2D eigenvalue weighted by molar-refractivity contribution is 0.284. The van der Waals surface area contributed by atoms with Crippen molar-refractivity contribution in [2.24, 2.45) is 0 Å². The molecule has 1 aromatic heterocycles. The van der Waals surface area contributed by atoms with Crippen molar-refractivity contribution in [3.8, 4) is 0 Å². The lowest BCUT2D eigenvalue weighted by Crippen LogP contribution is -1.85. The van der Waals surface area contributed by atoms with E-state index in [2.05, 4.69) is 15.9 Å². The molecule has 3 N–H and O–H groups in total. The summed E-state index contributed by atoms with van der Waals surface area (Å²) in [5, 5.41) is 12.0. The summed E-state index contributed by atoms with van der Waals surface area (Å²) in [5.74, 6) is 0. The van der Waals surface area contributed by atoms with E-state index in [4.69, 9.17) is 10.8 Å². The van der Waals surface area contributed by atoms with Gasteiger partial charge in [-0.25, -0.2) is 0 Å². The molecule has 1 aromatic carbocycles. The van der Waals surface area contributed by atoms with Crippen LogP contribution in [0, 0.1) is 0 Å². The van der Waals surface area contributed by atoms with E-state index in [1.54, 1.807) is 11.3 Å². The molecule has 0 amide bonds. The Balaban J connectivity index is 2.82. The number of rotatable bonds is 1. The predicted molar refractivity (Wildman–Crippen MR) is 59.9 cm³/mol. The van der Waals surface area contributed by atoms with Crippen molar-refractivity contribution in [3.63, 3.8) is 0 Å². The molecule has 0 aliphatic carbocycles. The van der Waals surface area contributed by atoms with Gasteiger partial charge in [-0.2, -0.15) is 0 Å². The second kappa shape index (κ2) is 3.29. The molecule has 0 radical (unpaired) electrons. The fourth-order valence-electron chi connectivity index (χ4n) is 1.30. The number of aliphatic hydroxyl groups is 1. The Kier molecular flexibility index (Phi) is 2.27. The van der Waals surface area contributed by atoms with Crippen LogP contribution in [0.4, 0.5) is 5.69 Å². The Labute approximate surface area is 88.1 Å². The normalized spacial score (nSPS) is 10.9. The van der Waals surface area contributed by atoms with Crippen LogP contribution in [0.1, 0.15) is 5.56 Å². The molecule has 0 fully saturated rings. The maximum atomic E-state index is 9.06. The quantitative estimate of drug-likeness (QED) is 0.772. The van der Waals surface area contributed by atoms with Gasteiger partial charge in [0.05, 0.1) is 17.0 Å². The van der Waals surface area contributed by atoms with Gasteiger partial charge in [0.15, 0.2) is 0 Å². The number of fused-ring (bicyclic) bond motifs is 1. The van der Waals surface area contributed by atoms with Crippen molar-refractivity contribution in [1.82, 2.24) is 0 Å². The number of nitrogen functional groups attached to an aromatic ring is 1. The molecule has 4 heteroatoms. The van der Waals surface area contributed by atoms with E-state index >= 15 is 0 Å². The Morgan fingerprint density at radius 2 is 2.23 bits per heavy atom. The number of aliphatic hydroxyl groups excluding tert-OH is 1. The first-order valence-corrected chi connectivity index (χ1v) is 5.45. The van der Waals surface area contributed by atoms with Crippen molar-refractivity contribution < 1.29 is 5.11 Å². The van der Waals surface area contributed by atoms with E-state index in [9.17, 15) is 0 Å². The van der Waals surface area contributed by atoms with Crippen LogP contribution in [-0.4, -0.2) is 5.11 Å². The third kappa shape index (κ3) is 1.45. The third-order valence-corrected chi connectivity index (χ3v) is 3.47. The maximum absolute atomic E-state index is 9.06. The highest BCUT2D eigenvalue weighted by Crippen LogP contribution is 2.33. The topological polar surface area (TPSA) is 46.2 Å². The fourth-order valence-corrected chi connectivity index (χ4v) is 2.75. The smallest absolute Gasteiger partial charge is 0.0696 e. The summed E-state index contributed by atoms with van der Waals surface area (Å²) in [6, 6.07) is 3.85. The molecular weight excluding hydrogens is 250 g/mol. The van der Waals surface area contributed by atoms with Gasteiger partial charge >= 0.3 is 0 Å². The molecule has 0 unspecified atom stereocenters. The third-order valence-electron chi connectivity index (χ3n) is 1.92. The van der Waals surface area contributed by atoms with Crippen LogP contribution in [-0.2, 0) is 6.61 Å². The molecule has 2 nitrogen and oxygen atoms in total. The fraction of sp³-hybridized carbons (Fsp3) is 0.111. The van der Waals surface area contributed by atoms with Gasteiger partial charge < -0.3 is 10.8 Å². The summed E-state index contributed by atoms with van der Waals surface area (Å²) < 4.78 is 2.00. The minimum absolute atomic E-state index is 0.0654. The van der Waals surface area contributed by atoms with Crippen LogP contribution in [0.15, 0.2) is 22.0 Å². The van der Waals surface area contributed by atoms with E-state index in [0.29, 0.717) is 0 Å². The van der Waals surface area contributed by atoms with Crippen LogP contribution < -0.4 is 5.73 Å². The van der Waals surface area contributed by atoms with Crippen molar-refractivity contribution in [2.45, 2.75) is 6.61 Å². The van der Waals surface area contributed by atoms with Gasteiger partial charge in [-0.05, 0) is 23.1 Å². The molecule has 0 spiro atoms. The summed E-state index contributed by atoms with van der Waals surface area (Å²) in [7, 11) is 0. The van der Waals surface area contributed by atoms with E-state index < -0.39 is 0 Å². The molecule has 1 heterocycles. The molecule has 0 bridgehead atoms. The summed E-state index contributed by atoms with van der Waals surface area (Å²) in [6.07, 6.45) is 0. The Morgan fingerprint density at radius 3 is 2.92 bits per heavy atom. The predicted octanol–water partition coefficient (Wildman–Crippen LogP) is 2.74. The molecule has 0 atom stereocenters. The Hall–Kier alpha value is -0.580. The Bertz CT molecular complexity index is 452. The van der Waals surface area contributed by atoms with Crippen molar-refractivity contribution >= 4 is 43.0 Å².